The molecule has 34 heavy (non-hydrogen) atoms. The van der Waals surface area contributed by atoms with Gasteiger partial charge in [0.15, 0.2) is 0 Å². The Morgan fingerprint density at radius 3 is 2.65 bits per heavy atom. The van der Waals surface area contributed by atoms with Crippen molar-refractivity contribution in [1.29, 1.82) is 0 Å². The van der Waals surface area contributed by atoms with Crippen LogP contribution < -0.4 is 15.0 Å². The largest absolute Gasteiger partial charge is 0.492 e. The zero-order valence-corrected chi connectivity index (χ0v) is 19.6. The SMILES string of the molecule is CCOc1ccccc1N1C(=O)CSC1c1ccc(NC(=O)c2ccc(Cl)c([N+](=O)[O-])c2)cc1. The lowest BCUT2D eigenvalue weighted by molar-refractivity contribution is -0.384. The third-order valence-corrected chi connectivity index (χ3v) is 6.68. The van der Waals surface area contributed by atoms with Crippen molar-refractivity contribution in [3.8, 4) is 5.75 Å². The Morgan fingerprint density at radius 1 is 1.21 bits per heavy atom. The minimum atomic E-state index is -0.635. The number of nitro groups is 1. The zero-order chi connectivity index (χ0) is 24.2. The van der Waals surface area contributed by atoms with E-state index < -0.39 is 10.8 Å². The number of benzene rings is 3. The molecule has 1 heterocycles. The van der Waals surface area contributed by atoms with E-state index in [2.05, 4.69) is 5.32 Å². The van der Waals surface area contributed by atoms with Crippen LogP contribution >= 0.6 is 23.4 Å². The average molecular weight is 498 g/mol. The summed E-state index contributed by atoms with van der Waals surface area (Å²) in [4.78, 5) is 37.5. The van der Waals surface area contributed by atoms with Crippen LogP contribution in [0.1, 0.15) is 28.2 Å². The molecule has 1 atom stereocenters. The van der Waals surface area contributed by atoms with Crippen LogP contribution in [0.2, 0.25) is 5.02 Å². The van der Waals surface area contributed by atoms with Crippen LogP contribution in [0.4, 0.5) is 17.1 Å². The fraction of sp³-hybridized carbons (Fsp3) is 0.167. The van der Waals surface area contributed by atoms with Gasteiger partial charge in [-0.25, -0.2) is 0 Å². The van der Waals surface area contributed by atoms with Gasteiger partial charge < -0.3 is 10.1 Å². The fourth-order valence-corrected chi connectivity index (χ4v) is 4.95. The second kappa shape index (κ2) is 10.1. The van der Waals surface area contributed by atoms with Gasteiger partial charge in [-0.05, 0) is 48.9 Å². The van der Waals surface area contributed by atoms with Gasteiger partial charge in [-0.3, -0.25) is 24.6 Å². The molecule has 0 radical (unpaired) electrons. The number of carbonyl (C=O) groups is 2. The van der Waals surface area contributed by atoms with E-state index in [-0.39, 0.29) is 27.6 Å². The molecular weight excluding hydrogens is 478 g/mol. The van der Waals surface area contributed by atoms with Gasteiger partial charge in [-0.2, -0.15) is 0 Å². The van der Waals surface area contributed by atoms with Crippen molar-refractivity contribution in [3.05, 3.63) is 93.0 Å². The molecule has 3 aromatic carbocycles. The molecule has 4 rings (SSSR count). The smallest absolute Gasteiger partial charge is 0.288 e. The first-order valence-electron chi connectivity index (χ1n) is 10.4. The Balaban J connectivity index is 1.53. The Kier molecular flexibility index (Phi) is 7.04. The summed E-state index contributed by atoms with van der Waals surface area (Å²) in [6, 6.07) is 18.5. The molecule has 1 unspecified atom stereocenters. The van der Waals surface area contributed by atoms with E-state index >= 15 is 0 Å². The quantitative estimate of drug-likeness (QED) is 0.333. The van der Waals surface area contributed by atoms with Gasteiger partial charge in [0.2, 0.25) is 5.91 Å². The number of hydrogen-bond donors (Lipinski definition) is 1. The molecule has 0 aromatic heterocycles. The third-order valence-electron chi connectivity index (χ3n) is 5.15. The Hall–Kier alpha value is -3.56. The Morgan fingerprint density at radius 2 is 1.94 bits per heavy atom. The number of hydrogen-bond acceptors (Lipinski definition) is 6. The fourth-order valence-electron chi connectivity index (χ4n) is 3.59. The zero-order valence-electron chi connectivity index (χ0n) is 18.1. The summed E-state index contributed by atoms with van der Waals surface area (Å²) in [7, 11) is 0. The number of para-hydroxylation sites is 2. The van der Waals surface area contributed by atoms with Gasteiger partial charge >= 0.3 is 0 Å². The standard InChI is InChI=1S/C24H20ClN3O5S/c1-2-33-21-6-4-3-5-19(21)27-22(29)14-34-24(27)15-7-10-17(11-8-15)26-23(30)16-9-12-18(25)20(13-16)28(31)32/h3-13,24H,2,14H2,1H3,(H,26,30). The minimum Gasteiger partial charge on any atom is -0.492 e. The highest BCUT2D eigenvalue weighted by Gasteiger charge is 2.35. The second-order valence-corrected chi connectivity index (χ2v) is 8.80. The normalized spacial score (nSPS) is 15.3. The topological polar surface area (TPSA) is 102 Å². The van der Waals surface area contributed by atoms with Crippen LogP contribution in [-0.4, -0.2) is 29.1 Å². The molecule has 8 nitrogen and oxygen atoms in total. The van der Waals surface area contributed by atoms with Crippen molar-refractivity contribution >= 4 is 52.2 Å². The van der Waals surface area contributed by atoms with Gasteiger partial charge in [-0.1, -0.05) is 35.9 Å². The molecule has 0 aliphatic carbocycles. The third kappa shape index (κ3) is 4.85. The molecule has 0 spiro atoms. The van der Waals surface area contributed by atoms with Crippen LogP contribution in [0, 0.1) is 10.1 Å². The molecule has 1 aliphatic rings. The number of rotatable bonds is 7. The number of nitro benzene ring substituents is 1. The maximum Gasteiger partial charge on any atom is 0.288 e. The van der Waals surface area contributed by atoms with Crippen molar-refractivity contribution in [2.24, 2.45) is 0 Å². The van der Waals surface area contributed by atoms with Crippen molar-refractivity contribution in [2.45, 2.75) is 12.3 Å². The predicted octanol–water partition coefficient (Wildman–Crippen LogP) is 5.68. The van der Waals surface area contributed by atoms with Gasteiger partial charge in [-0.15, -0.1) is 11.8 Å². The van der Waals surface area contributed by atoms with Gasteiger partial charge in [0.1, 0.15) is 16.1 Å². The molecule has 3 aromatic rings. The number of nitrogens with zero attached hydrogens (tertiary/aromatic N) is 2. The summed E-state index contributed by atoms with van der Waals surface area (Å²) >= 11 is 7.33. The molecular formula is C24H20ClN3O5S. The van der Waals surface area contributed by atoms with E-state index in [1.807, 2.05) is 43.3 Å². The van der Waals surface area contributed by atoms with Crippen molar-refractivity contribution in [1.82, 2.24) is 0 Å². The van der Waals surface area contributed by atoms with Crippen molar-refractivity contribution in [3.63, 3.8) is 0 Å². The van der Waals surface area contributed by atoms with E-state index in [1.54, 1.807) is 17.0 Å². The van der Waals surface area contributed by atoms with E-state index in [1.165, 1.54) is 23.9 Å². The molecule has 0 bridgehead atoms. The molecule has 1 aliphatic heterocycles. The number of amides is 2. The summed E-state index contributed by atoms with van der Waals surface area (Å²) in [6.45, 7) is 2.38. The highest BCUT2D eigenvalue weighted by molar-refractivity contribution is 8.00. The highest BCUT2D eigenvalue weighted by atomic mass is 35.5. The number of ether oxygens (including phenoxy) is 1. The Bertz CT molecular complexity index is 1250. The van der Waals surface area contributed by atoms with E-state index in [4.69, 9.17) is 16.3 Å². The van der Waals surface area contributed by atoms with Gasteiger partial charge in [0, 0.05) is 17.3 Å². The maximum atomic E-state index is 12.7. The predicted molar refractivity (Wildman–Crippen MR) is 133 cm³/mol. The monoisotopic (exact) mass is 497 g/mol. The molecule has 2 amide bonds. The number of halogens is 1. The van der Waals surface area contributed by atoms with Crippen LogP contribution in [0.25, 0.3) is 0 Å². The number of anilines is 2. The van der Waals surface area contributed by atoms with Gasteiger partial charge in [0.05, 0.1) is 23.0 Å². The van der Waals surface area contributed by atoms with E-state index in [9.17, 15) is 19.7 Å². The molecule has 0 saturated carbocycles. The van der Waals surface area contributed by atoms with Crippen LogP contribution in [-0.2, 0) is 4.79 Å². The molecule has 10 heteroatoms. The van der Waals surface area contributed by atoms with Gasteiger partial charge in [0.25, 0.3) is 11.6 Å². The van der Waals surface area contributed by atoms with Crippen molar-refractivity contribution < 1.29 is 19.2 Å². The molecule has 1 saturated heterocycles. The lowest BCUT2D eigenvalue weighted by Gasteiger charge is -2.26. The highest BCUT2D eigenvalue weighted by Crippen LogP contribution is 2.45. The first-order chi connectivity index (χ1) is 16.4. The summed E-state index contributed by atoms with van der Waals surface area (Å²) in [5, 5.41) is 13.5. The summed E-state index contributed by atoms with van der Waals surface area (Å²) in [6.07, 6.45) is 0. The first kappa shape index (κ1) is 23.6. The summed E-state index contributed by atoms with van der Waals surface area (Å²) < 4.78 is 5.72. The summed E-state index contributed by atoms with van der Waals surface area (Å²) in [5.74, 6) is 0.486. The number of thioether (sulfide) groups is 1. The average Bonchev–Trinajstić information content (AvgIpc) is 3.21. The lowest BCUT2D eigenvalue weighted by atomic mass is 10.1. The van der Waals surface area contributed by atoms with Crippen LogP contribution in [0.15, 0.2) is 66.7 Å². The molecule has 1 N–H and O–H groups in total. The maximum absolute atomic E-state index is 12.7. The minimum absolute atomic E-state index is 0.0103. The van der Waals surface area contributed by atoms with Crippen LogP contribution in [0.5, 0.6) is 5.75 Å². The van der Waals surface area contributed by atoms with Crippen LogP contribution in [0.3, 0.4) is 0 Å². The molecule has 174 valence electrons. The van der Waals surface area contributed by atoms with E-state index in [0.29, 0.717) is 29.5 Å². The number of carbonyl (C=O) groups excluding carboxylic acids is 2. The van der Waals surface area contributed by atoms with Crippen molar-refractivity contribution in [2.75, 3.05) is 22.6 Å². The molecule has 1 fully saturated rings. The van der Waals surface area contributed by atoms with E-state index in [0.717, 1.165) is 11.6 Å². The number of nitrogens with one attached hydrogen (secondary N) is 1. The summed E-state index contributed by atoms with van der Waals surface area (Å²) in [5.41, 5.74) is 1.91. The Labute approximate surface area is 205 Å². The first-order valence-corrected chi connectivity index (χ1v) is 11.8. The second-order valence-electron chi connectivity index (χ2n) is 7.33. The lowest BCUT2D eigenvalue weighted by Crippen LogP contribution is -2.28.